The number of rotatable bonds is 5. The lowest BCUT2D eigenvalue weighted by Gasteiger charge is -2.51. The Kier molecular flexibility index (Phi) is 12.5. The largest absolute Gasteiger partial charge is 0.300 e. The van der Waals surface area contributed by atoms with Crippen molar-refractivity contribution in [3.63, 3.8) is 0 Å². The summed E-state index contributed by atoms with van der Waals surface area (Å²) in [6.07, 6.45) is 12.3. The maximum atomic E-state index is 3.95. The fraction of sp³-hybridized carbons (Fsp3) is 0.944. The van der Waals surface area contributed by atoms with Crippen LogP contribution in [0.1, 0.15) is 108 Å². The van der Waals surface area contributed by atoms with Gasteiger partial charge in [0, 0.05) is 37.8 Å². The van der Waals surface area contributed by atoms with E-state index in [9.17, 15) is 0 Å². The van der Waals surface area contributed by atoms with Gasteiger partial charge in [-0.1, -0.05) is 75.3 Å². The predicted molar refractivity (Wildman–Crippen MR) is 172 cm³/mol. The molecular weight excluding hydrogens is 474 g/mol. The molecule has 0 radical (unpaired) electrons. The Labute approximate surface area is 245 Å². The maximum Gasteiger partial charge on any atom is 0.0121 e. The topological polar surface area (TPSA) is 9.72 Å². The molecule has 9 rings (SSSR count). The quantitative estimate of drug-likeness (QED) is 0.323. The molecule has 0 aromatic carbocycles. The molecule has 9 saturated heterocycles. The van der Waals surface area contributed by atoms with Crippen LogP contribution in [0.25, 0.3) is 0 Å². The minimum atomic E-state index is 0. The summed E-state index contributed by atoms with van der Waals surface area (Å²) in [5.74, 6) is 8.36. The molecule has 0 aliphatic carbocycles. The molecule has 0 spiro atoms. The number of hydrogen-bond acceptors (Lipinski definition) is 3. The van der Waals surface area contributed by atoms with Crippen molar-refractivity contribution in [1.82, 2.24) is 14.7 Å². The van der Waals surface area contributed by atoms with E-state index < -0.39 is 0 Å². The zero-order valence-corrected chi connectivity index (χ0v) is 26.7. The first-order valence-corrected chi connectivity index (χ1v) is 17.0. The lowest BCUT2D eigenvalue weighted by Crippen LogP contribution is -2.54. The molecular formula is C36H69N3. The van der Waals surface area contributed by atoms with E-state index in [1.54, 1.807) is 0 Å². The van der Waals surface area contributed by atoms with E-state index >= 15 is 0 Å². The van der Waals surface area contributed by atoms with Gasteiger partial charge in [-0.05, 0) is 111 Å². The molecule has 6 bridgehead atoms. The van der Waals surface area contributed by atoms with Gasteiger partial charge in [-0.3, -0.25) is 14.7 Å². The van der Waals surface area contributed by atoms with Gasteiger partial charge in [-0.15, -0.1) is 6.58 Å². The molecule has 12 unspecified atom stereocenters. The van der Waals surface area contributed by atoms with E-state index in [-0.39, 0.29) is 7.43 Å². The molecule has 0 aromatic rings. The Morgan fingerprint density at radius 1 is 0.667 bits per heavy atom. The van der Waals surface area contributed by atoms with Gasteiger partial charge in [-0.2, -0.15) is 0 Å². The van der Waals surface area contributed by atoms with Gasteiger partial charge in [0.1, 0.15) is 0 Å². The first-order chi connectivity index (χ1) is 18.1. The SMILES string of the molecule is C.C=CC1CN2CCC1CC2C(C)C.CC(C)C1CC2CCN1CC2C.CCC1CN2CCC1CC2C(C)C. The Bertz CT molecular complexity index is 731. The summed E-state index contributed by atoms with van der Waals surface area (Å²) in [6.45, 7) is 31.1. The lowest BCUT2D eigenvalue weighted by atomic mass is 9.72. The highest BCUT2D eigenvalue weighted by atomic mass is 15.2. The van der Waals surface area contributed by atoms with Crippen molar-refractivity contribution >= 4 is 0 Å². The van der Waals surface area contributed by atoms with Gasteiger partial charge in [0.25, 0.3) is 0 Å². The molecule has 9 heterocycles. The highest BCUT2D eigenvalue weighted by Gasteiger charge is 2.41. The third kappa shape index (κ3) is 7.72. The fourth-order valence-corrected chi connectivity index (χ4v) is 9.44. The molecule has 0 saturated carbocycles. The first kappa shape index (κ1) is 33.1. The Morgan fingerprint density at radius 2 is 1.10 bits per heavy atom. The summed E-state index contributed by atoms with van der Waals surface area (Å²) in [5.41, 5.74) is 0. The summed E-state index contributed by atoms with van der Waals surface area (Å²) in [7, 11) is 0. The van der Waals surface area contributed by atoms with Crippen molar-refractivity contribution in [3.8, 4) is 0 Å². The minimum Gasteiger partial charge on any atom is -0.300 e. The minimum absolute atomic E-state index is 0. The van der Waals surface area contributed by atoms with E-state index in [4.69, 9.17) is 0 Å². The van der Waals surface area contributed by atoms with Crippen LogP contribution in [0.15, 0.2) is 12.7 Å². The summed E-state index contributed by atoms with van der Waals surface area (Å²) in [6, 6.07) is 2.66. The van der Waals surface area contributed by atoms with Gasteiger partial charge in [0.15, 0.2) is 0 Å². The summed E-state index contributed by atoms with van der Waals surface area (Å²) >= 11 is 0. The molecule has 9 fully saturated rings. The molecule has 3 heteroatoms. The van der Waals surface area contributed by atoms with Gasteiger partial charge in [-0.25, -0.2) is 0 Å². The molecule has 9 aliphatic heterocycles. The van der Waals surface area contributed by atoms with Crippen molar-refractivity contribution in [3.05, 3.63) is 12.7 Å². The average molecular weight is 544 g/mol. The molecule has 228 valence electrons. The van der Waals surface area contributed by atoms with Crippen molar-refractivity contribution in [2.45, 2.75) is 126 Å². The van der Waals surface area contributed by atoms with Crippen LogP contribution in [-0.4, -0.2) is 72.1 Å². The van der Waals surface area contributed by atoms with Crippen LogP contribution in [-0.2, 0) is 0 Å². The van der Waals surface area contributed by atoms with Gasteiger partial charge in [0.2, 0.25) is 0 Å². The van der Waals surface area contributed by atoms with E-state index in [2.05, 4.69) is 82.7 Å². The molecule has 9 aliphatic rings. The number of hydrogen-bond donors (Lipinski definition) is 0. The monoisotopic (exact) mass is 544 g/mol. The van der Waals surface area contributed by atoms with Crippen molar-refractivity contribution in [2.75, 3.05) is 39.3 Å². The van der Waals surface area contributed by atoms with Gasteiger partial charge >= 0.3 is 0 Å². The molecule has 0 amide bonds. The van der Waals surface area contributed by atoms with Crippen molar-refractivity contribution in [2.24, 2.45) is 53.3 Å². The lowest BCUT2D eigenvalue weighted by molar-refractivity contribution is -0.0185. The van der Waals surface area contributed by atoms with Crippen molar-refractivity contribution in [1.29, 1.82) is 0 Å². The van der Waals surface area contributed by atoms with Crippen LogP contribution in [0.3, 0.4) is 0 Å². The highest BCUT2D eigenvalue weighted by molar-refractivity contribution is 4.99. The Hall–Kier alpha value is -0.380. The molecule has 39 heavy (non-hydrogen) atoms. The average Bonchev–Trinajstić information content (AvgIpc) is 2.94. The second-order valence-electron chi connectivity index (χ2n) is 15.3. The van der Waals surface area contributed by atoms with Gasteiger partial charge < -0.3 is 0 Å². The van der Waals surface area contributed by atoms with Crippen LogP contribution in [0.4, 0.5) is 0 Å². The second kappa shape index (κ2) is 14.7. The normalized spacial score (nSPS) is 43.9. The van der Waals surface area contributed by atoms with Crippen LogP contribution < -0.4 is 0 Å². The van der Waals surface area contributed by atoms with E-state index in [1.165, 1.54) is 84.2 Å². The summed E-state index contributed by atoms with van der Waals surface area (Å²) in [4.78, 5) is 8.14. The second-order valence-corrected chi connectivity index (χ2v) is 15.3. The summed E-state index contributed by atoms with van der Waals surface area (Å²) in [5, 5.41) is 0. The Morgan fingerprint density at radius 3 is 1.44 bits per heavy atom. The first-order valence-electron chi connectivity index (χ1n) is 17.0. The standard InChI is InChI=1S/C12H23N.C12H21N.C11H21N.CH4/c2*1-4-10-8-13-6-5-11(10)7-12(13)9(2)3;1-8(2)11-6-10-4-5-12(11)7-9(10)3;/h9-12H,4-8H2,1-3H3;4,9-12H,1,5-8H2,2-3H3;8-11H,4-7H2,1-3H3;1H4. The Balaban J connectivity index is 0.000000160. The molecule has 0 aromatic heterocycles. The third-order valence-corrected chi connectivity index (χ3v) is 12.1. The van der Waals surface area contributed by atoms with E-state index in [0.717, 1.165) is 71.4 Å². The zero-order chi connectivity index (χ0) is 27.6. The predicted octanol–water partition coefficient (Wildman–Crippen LogP) is 8.31. The van der Waals surface area contributed by atoms with Crippen molar-refractivity contribution < 1.29 is 0 Å². The van der Waals surface area contributed by atoms with E-state index in [0.29, 0.717) is 0 Å². The van der Waals surface area contributed by atoms with Crippen LogP contribution in [0.5, 0.6) is 0 Å². The highest BCUT2D eigenvalue weighted by Crippen LogP contribution is 2.41. The number of nitrogens with zero attached hydrogens (tertiary/aromatic N) is 3. The maximum absolute atomic E-state index is 3.95. The van der Waals surface area contributed by atoms with Crippen LogP contribution >= 0.6 is 0 Å². The van der Waals surface area contributed by atoms with Crippen LogP contribution in [0.2, 0.25) is 0 Å². The molecule has 3 nitrogen and oxygen atoms in total. The number of fused-ring (bicyclic) bond motifs is 9. The summed E-state index contributed by atoms with van der Waals surface area (Å²) < 4.78 is 0. The smallest absolute Gasteiger partial charge is 0.0121 e. The fourth-order valence-electron chi connectivity index (χ4n) is 9.44. The molecule has 12 atom stereocenters. The molecule has 0 N–H and O–H groups in total. The third-order valence-electron chi connectivity index (χ3n) is 12.1. The zero-order valence-electron chi connectivity index (χ0n) is 26.7. The van der Waals surface area contributed by atoms with Crippen LogP contribution in [0, 0.1) is 53.3 Å². The van der Waals surface area contributed by atoms with Gasteiger partial charge in [0.05, 0.1) is 0 Å². The van der Waals surface area contributed by atoms with E-state index in [1.807, 2.05) is 0 Å². The number of piperidine rings is 9.